The average molecular weight is 297 g/mol. The van der Waals surface area contributed by atoms with Crippen molar-refractivity contribution in [3.8, 4) is 0 Å². The summed E-state index contributed by atoms with van der Waals surface area (Å²) in [7, 11) is 0. The second kappa shape index (κ2) is 6.85. The molecule has 0 aliphatic rings. The van der Waals surface area contributed by atoms with Crippen molar-refractivity contribution in [2.45, 2.75) is 26.8 Å². The highest BCUT2D eigenvalue weighted by Crippen LogP contribution is 2.12. The van der Waals surface area contributed by atoms with E-state index in [-0.39, 0.29) is 17.7 Å². The molecular weight excluding hydrogens is 278 g/mol. The smallest absolute Gasteiger partial charge is 0.221 e. The molecule has 0 radical (unpaired) electrons. The van der Waals surface area contributed by atoms with Gasteiger partial charge in [-0.15, -0.1) is 0 Å². The Bertz CT molecular complexity index is 697. The summed E-state index contributed by atoms with van der Waals surface area (Å²) in [5, 5.41) is 6.85. The maximum Gasteiger partial charge on any atom is 0.221 e. The van der Waals surface area contributed by atoms with Crippen LogP contribution in [0.1, 0.15) is 42.7 Å². The number of ketones is 1. The van der Waals surface area contributed by atoms with Gasteiger partial charge in [-0.3, -0.25) is 14.3 Å². The molecule has 0 fully saturated rings. The lowest BCUT2D eigenvalue weighted by Crippen LogP contribution is -2.05. The highest BCUT2D eigenvalue weighted by molar-refractivity contribution is 6.06. The van der Waals surface area contributed by atoms with Crippen molar-refractivity contribution in [3.05, 3.63) is 53.9 Å². The monoisotopic (exact) mass is 297 g/mol. The van der Waals surface area contributed by atoms with Crippen molar-refractivity contribution in [2.75, 3.05) is 5.32 Å². The van der Waals surface area contributed by atoms with E-state index in [1.54, 1.807) is 35.3 Å². The Balaban J connectivity index is 2.04. The second-order valence-electron chi connectivity index (χ2n) is 5.30. The lowest BCUT2D eigenvalue weighted by molar-refractivity contribution is -0.114. The fraction of sp³-hybridized carbons (Fsp3) is 0.235. The topological polar surface area (TPSA) is 64.0 Å². The van der Waals surface area contributed by atoms with Gasteiger partial charge in [0, 0.05) is 24.8 Å². The van der Waals surface area contributed by atoms with Crippen LogP contribution in [0.4, 0.5) is 5.69 Å². The van der Waals surface area contributed by atoms with Crippen LogP contribution in [-0.4, -0.2) is 21.5 Å². The van der Waals surface area contributed by atoms with Crippen LogP contribution in [0.25, 0.3) is 6.08 Å². The molecule has 0 bridgehead atoms. The number of carbonyl (C=O) groups is 2. The van der Waals surface area contributed by atoms with E-state index in [0.29, 0.717) is 5.56 Å². The van der Waals surface area contributed by atoms with E-state index in [0.717, 1.165) is 11.3 Å². The zero-order chi connectivity index (χ0) is 16.1. The molecule has 0 saturated heterocycles. The highest BCUT2D eigenvalue weighted by Gasteiger charge is 2.07. The number of aromatic nitrogens is 2. The molecule has 2 rings (SSSR count). The van der Waals surface area contributed by atoms with Crippen molar-refractivity contribution < 1.29 is 9.59 Å². The fourth-order valence-electron chi connectivity index (χ4n) is 1.90. The number of nitrogens with one attached hydrogen (secondary N) is 1. The van der Waals surface area contributed by atoms with Crippen LogP contribution < -0.4 is 5.32 Å². The van der Waals surface area contributed by atoms with E-state index in [1.165, 1.54) is 13.0 Å². The molecule has 2 aromatic rings. The third-order valence-corrected chi connectivity index (χ3v) is 3.07. The lowest BCUT2D eigenvalue weighted by Gasteiger charge is -2.02. The predicted octanol–water partition coefficient (Wildman–Crippen LogP) is 3.32. The molecule has 0 aliphatic carbocycles. The van der Waals surface area contributed by atoms with Gasteiger partial charge in [0.1, 0.15) is 0 Å². The molecule has 5 heteroatoms. The molecule has 1 N–H and O–H groups in total. The van der Waals surface area contributed by atoms with Crippen LogP contribution in [0.2, 0.25) is 0 Å². The summed E-state index contributed by atoms with van der Waals surface area (Å²) < 4.78 is 1.75. The van der Waals surface area contributed by atoms with Gasteiger partial charge in [-0.05, 0) is 37.6 Å². The minimum Gasteiger partial charge on any atom is -0.326 e. The highest BCUT2D eigenvalue weighted by atomic mass is 16.1. The Morgan fingerprint density at radius 1 is 1.23 bits per heavy atom. The Hall–Kier alpha value is -2.69. The molecule has 114 valence electrons. The first-order valence-electron chi connectivity index (χ1n) is 7.10. The van der Waals surface area contributed by atoms with Crippen molar-refractivity contribution in [2.24, 2.45) is 0 Å². The zero-order valence-corrected chi connectivity index (χ0v) is 12.9. The molecule has 1 aromatic carbocycles. The van der Waals surface area contributed by atoms with Gasteiger partial charge in [-0.1, -0.05) is 18.2 Å². The van der Waals surface area contributed by atoms with Crippen molar-refractivity contribution in [1.29, 1.82) is 0 Å². The fourth-order valence-corrected chi connectivity index (χ4v) is 1.90. The minimum atomic E-state index is -0.111. The summed E-state index contributed by atoms with van der Waals surface area (Å²) in [6, 6.07) is 7.50. The van der Waals surface area contributed by atoms with E-state index in [9.17, 15) is 9.59 Å². The van der Waals surface area contributed by atoms with E-state index >= 15 is 0 Å². The van der Waals surface area contributed by atoms with Gasteiger partial charge >= 0.3 is 0 Å². The summed E-state index contributed by atoms with van der Waals surface area (Å²) in [6.07, 6.45) is 6.59. The first kappa shape index (κ1) is 15.7. The molecule has 22 heavy (non-hydrogen) atoms. The van der Waals surface area contributed by atoms with Gasteiger partial charge in [0.15, 0.2) is 5.78 Å². The van der Waals surface area contributed by atoms with Gasteiger partial charge in [0.2, 0.25) is 5.91 Å². The van der Waals surface area contributed by atoms with Crippen LogP contribution in [0.5, 0.6) is 0 Å². The number of benzene rings is 1. The number of nitrogens with zero attached hydrogens (tertiary/aromatic N) is 2. The normalized spacial score (nSPS) is 11.1. The third kappa shape index (κ3) is 4.15. The number of anilines is 1. The zero-order valence-electron chi connectivity index (χ0n) is 12.9. The van der Waals surface area contributed by atoms with Gasteiger partial charge in [0.05, 0.1) is 11.8 Å². The summed E-state index contributed by atoms with van der Waals surface area (Å²) in [5.74, 6) is -0.196. The van der Waals surface area contributed by atoms with Crippen LogP contribution >= 0.6 is 0 Å². The molecule has 0 atom stereocenters. The quantitative estimate of drug-likeness (QED) is 0.680. The summed E-state index contributed by atoms with van der Waals surface area (Å²) in [4.78, 5) is 23.0. The SMILES string of the molecule is CC(=O)Nc1ccc(/C=C/C(=O)c2cnn(C(C)C)c2)cc1. The molecule has 1 aromatic heterocycles. The molecule has 0 unspecified atom stereocenters. The lowest BCUT2D eigenvalue weighted by atomic mass is 10.1. The van der Waals surface area contributed by atoms with E-state index < -0.39 is 0 Å². The van der Waals surface area contributed by atoms with Gasteiger partial charge in [0.25, 0.3) is 0 Å². The number of carbonyl (C=O) groups excluding carboxylic acids is 2. The van der Waals surface area contributed by atoms with E-state index in [2.05, 4.69) is 10.4 Å². The van der Waals surface area contributed by atoms with Gasteiger partial charge in [-0.25, -0.2) is 0 Å². The number of hydrogen-bond acceptors (Lipinski definition) is 3. The van der Waals surface area contributed by atoms with Crippen molar-refractivity contribution in [1.82, 2.24) is 9.78 Å². The first-order chi connectivity index (χ1) is 10.5. The Labute approximate surface area is 129 Å². The molecule has 0 aliphatic heterocycles. The van der Waals surface area contributed by atoms with Crippen molar-refractivity contribution in [3.63, 3.8) is 0 Å². The predicted molar refractivity (Wildman–Crippen MR) is 86.7 cm³/mol. The van der Waals surface area contributed by atoms with E-state index in [4.69, 9.17) is 0 Å². The molecule has 1 amide bonds. The number of rotatable bonds is 5. The van der Waals surface area contributed by atoms with Crippen molar-refractivity contribution >= 4 is 23.5 Å². The van der Waals surface area contributed by atoms with Crippen LogP contribution in [0, 0.1) is 0 Å². The summed E-state index contributed by atoms with van der Waals surface area (Å²) in [5.41, 5.74) is 2.19. The maximum absolute atomic E-state index is 12.1. The maximum atomic E-state index is 12.1. The van der Waals surface area contributed by atoms with E-state index in [1.807, 2.05) is 26.0 Å². The minimum absolute atomic E-state index is 0.0853. The Morgan fingerprint density at radius 3 is 2.45 bits per heavy atom. The standard InChI is InChI=1S/C17H19N3O2/c1-12(2)20-11-15(10-18-20)17(22)9-6-14-4-7-16(8-5-14)19-13(3)21/h4-12H,1-3H3,(H,19,21)/b9-6+. The van der Waals surface area contributed by atoms with Gasteiger partial charge < -0.3 is 5.32 Å². The number of allylic oxidation sites excluding steroid dienone is 1. The largest absolute Gasteiger partial charge is 0.326 e. The average Bonchev–Trinajstić information content (AvgIpc) is 2.96. The molecule has 1 heterocycles. The number of hydrogen-bond donors (Lipinski definition) is 1. The van der Waals surface area contributed by atoms with Gasteiger partial charge in [-0.2, -0.15) is 5.10 Å². The van der Waals surface area contributed by atoms with Crippen LogP contribution in [0.15, 0.2) is 42.7 Å². The van der Waals surface area contributed by atoms with Crippen LogP contribution in [0.3, 0.4) is 0 Å². The Kier molecular flexibility index (Phi) is 4.88. The third-order valence-electron chi connectivity index (χ3n) is 3.07. The molecule has 0 spiro atoms. The molecule has 5 nitrogen and oxygen atoms in total. The first-order valence-corrected chi connectivity index (χ1v) is 7.10. The summed E-state index contributed by atoms with van der Waals surface area (Å²) in [6.45, 7) is 5.48. The number of amides is 1. The molecular formula is C17H19N3O2. The Morgan fingerprint density at radius 2 is 1.91 bits per heavy atom. The second-order valence-corrected chi connectivity index (χ2v) is 5.30. The summed E-state index contributed by atoms with van der Waals surface area (Å²) >= 11 is 0. The molecule has 0 saturated carbocycles. The van der Waals surface area contributed by atoms with Crippen LogP contribution in [-0.2, 0) is 4.79 Å².